The van der Waals surface area contributed by atoms with E-state index < -0.39 is 11.6 Å². The lowest BCUT2D eigenvalue weighted by Gasteiger charge is -2.26. The predicted octanol–water partition coefficient (Wildman–Crippen LogP) is 1.86. The molecule has 0 heterocycles. The lowest BCUT2D eigenvalue weighted by molar-refractivity contribution is -0.123. The van der Waals surface area contributed by atoms with Gasteiger partial charge in [0.15, 0.2) is 0 Å². The Bertz CT molecular complexity index is 430. The first-order valence-electron chi connectivity index (χ1n) is 7.60. The standard InChI is InChI=1S/C17H28N2O2/c1-13(2)11-17(3,21)12-19-16(20)15(18)10-9-14-7-5-4-6-8-14/h4-8,13,15,21H,9-12,18H2,1-3H3,(H,19,20)/t15-,17?/m0/s1. The van der Waals surface area contributed by atoms with E-state index in [1.165, 1.54) is 5.56 Å². The van der Waals surface area contributed by atoms with Crippen LogP contribution in [0.3, 0.4) is 0 Å². The second kappa shape index (κ2) is 8.15. The van der Waals surface area contributed by atoms with Gasteiger partial charge in [0.1, 0.15) is 0 Å². The summed E-state index contributed by atoms with van der Waals surface area (Å²) in [5.74, 6) is 0.179. The summed E-state index contributed by atoms with van der Waals surface area (Å²) in [7, 11) is 0. The van der Waals surface area contributed by atoms with Crippen LogP contribution < -0.4 is 11.1 Å². The number of nitrogens with one attached hydrogen (secondary N) is 1. The van der Waals surface area contributed by atoms with Crippen LogP contribution in [0.5, 0.6) is 0 Å². The van der Waals surface area contributed by atoms with Crippen LogP contribution in [-0.4, -0.2) is 29.2 Å². The van der Waals surface area contributed by atoms with E-state index in [1.807, 2.05) is 44.2 Å². The maximum Gasteiger partial charge on any atom is 0.237 e. The van der Waals surface area contributed by atoms with Crippen LogP contribution in [0.1, 0.15) is 39.2 Å². The van der Waals surface area contributed by atoms with Crippen LogP contribution in [0.2, 0.25) is 0 Å². The number of amides is 1. The van der Waals surface area contributed by atoms with E-state index in [2.05, 4.69) is 5.32 Å². The first kappa shape index (κ1) is 17.7. The second-order valence-corrected chi connectivity index (χ2v) is 6.44. The Morgan fingerprint density at radius 3 is 2.52 bits per heavy atom. The number of hydrogen-bond donors (Lipinski definition) is 3. The number of benzene rings is 1. The summed E-state index contributed by atoms with van der Waals surface area (Å²) in [5.41, 5.74) is 6.19. The monoisotopic (exact) mass is 292 g/mol. The Morgan fingerprint density at radius 1 is 1.33 bits per heavy atom. The summed E-state index contributed by atoms with van der Waals surface area (Å²) in [6, 6.07) is 9.43. The molecule has 0 aliphatic heterocycles. The smallest absolute Gasteiger partial charge is 0.237 e. The molecule has 0 aliphatic carbocycles. The van der Waals surface area contributed by atoms with E-state index in [9.17, 15) is 9.90 Å². The lowest BCUT2D eigenvalue weighted by Crippen LogP contribution is -2.47. The minimum absolute atomic E-state index is 0.199. The summed E-state index contributed by atoms with van der Waals surface area (Å²) in [5, 5.41) is 12.9. The summed E-state index contributed by atoms with van der Waals surface area (Å²) in [6.45, 7) is 6.07. The van der Waals surface area contributed by atoms with E-state index in [0.29, 0.717) is 18.8 Å². The van der Waals surface area contributed by atoms with Crippen molar-refractivity contribution in [3.8, 4) is 0 Å². The van der Waals surface area contributed by atoms with Gasteiger partial charge in [-0.1, -0.05) is 44.2 Å². The molecule has 1 aromatic carbocycles. The highest BCUT2D eigenvalue weighted by molar-refractivity contribution is 5.81. The van der Waals surface area contributed by atoms with Crippen molar-refractivity contribution in [2.24, 2.45) is 11.7 Å². The number of carbonyl (C=O) groups excluding carboxylic acids is 1. The highest BCUT2D eigenvalue weighted by Crippen LogP contribution is 2.15. The van der Waals surface area contributed by atoms with Gasteiger partial charge in [0, 0.05) is 6.54 Å². The molecule has 118 valence electrons. The van der Waals surface area contributed by atoms with Crippen molar-refractivity contribution < 1.29 is 9.90 Å². The van der Waals surface area contributed by atoms with Crippen molar-refractivity contribution in [2.45, 2.75) is 51.7 Å². The van der Waals surface area contributed by atoms with Crippen LogP contribution in [0.25, 0.3) is 0 Å². The zero-order valence-electron chi connectivity index (χ0n) is 13.3. The van der Waals surface area contributed by atoms with Gasteiger partial charge in [-0.3, -0.25) is 4.79 Å². The molecular weight excluding hydrogens is 264 g/mol. The lowest BCUT2D eigenvalue weighted by atomic mass is 9.94. The van der Waals surface area contributed by atoms with E-state index in [1.54, 1.807) is 6.92 Å². The molecule has 1 amide bonds. The van der Waals surface area contributed by atoms with E-state index in [-0.39, 0.29) is 12.5 Å². The Labute approximate surface area is 127 Å². The molecule has 0 spiro atoms. The SMILES string of the molecule is CC(C)CC(C)(O)CNC(=O)[C@@H](N)CCc1ccccc1. The van der Waals surface area contributed by atoms with Gasteiger partial charge in [-0.05, 0) is 37.7 Å². The number of nitrogens with two attached hydrogens (primary N) is 1. The third-order valence-corrected chi connectivity index (χ3v) is 3.42. The molecule has 2 atom stereocenters. The van der Waals surface area contributed by atoms with Gasteiger partial charge < -0.3 is 16.2 Å². The summed E-state index contributed by atoms with van der Waals surface area (Å²) < 4.78 is 0. The summed E-state index contributed by atoms with van der Waals surface area (Å²) in [6.07, 6.45) is 2.02. The number of hydrogen-bond acceptors (Lipinski definition) is 3. The third kappa shape index (κ3) is 7.25. The van der Waals surface area contributed by atoms with Crippen molar-refractivity contribution in [1.82, 2.24) is 5.32 Å². The number of aryl methyl sites for hydroxylation is 1. The van der Waals surface area contributed by atoms with Crippen molar-refractivity contribution in [3.63, 3.8) is 0 Å². The minimum Gasteiger partial charge on any atom is -0.388 e. The van der Waals surface area contributed by atoms with Gasteiger partial charge in [0.2, 0.25) is 5.91 Å². The highest BCUT2D eigenvalue weighted by atomic mass is 16.3. The molecule has 1 aromatic rings. The normalized spacial score (nSPS) is 15.5. The molecule has 0 bridgehead atoms. The molecule has 0 aliphatic rings. The molecular formula is C17H28N2O2. The maximum absolute atomic E-state index is 11.9. The molecule has 0 fully saturated rings. The van der Waals surface area contributed by atoms with Crippen molar-refractivity contribution in [3.05, 3.63) is 35.9 Å². The van der Waals surface area contributed by atoms with Crippen LogP contribution in [0.4, 0.5) is 0 Å². The van der Waals surface area contributed by atoms with Gasteiger partial charge in [-0.25, -0.2) is 0 Å². The van der Waals surface area contributed by atoms with Gasteiger partial charge in [0.05, 0.1) is 11.6 Å². The van der Waals surface area contributed by atoms with E-state index in [0.717, 1.165) is 6.42 Å². The zero-order chi connectivity index (χ0) is 15.9. The maximum atomic E-state index is 11.9. The molecule has 0 saturated carbocycles. The average molecular weight is 292 g/mol. The predicted molar refractivity (Wildman–Crippen MR) is 85.8 cm³/mol. The van der Waals surface area contributed by atoms with Crippen LogP contribution in [0.15, 0.2) is 30.3 Å². The quantitative estimate of drug-likeness (QED) is 0.684. The Kier molecular flexibility index (Phi) is 6.85. The third-order valence-electron chi connectivity index (χ3n) is 3.42. The fourth-order valence-corrected chi connectivity index (χ4v) is 2.46. The molecule has 1 unspecified atom stereocenters. The number of rotatable bonds is 8. The summed E-state index contributed by atoms with van der Waals surface area (Å²) in [4.78, 5) is 11.9. The van der Waals surface area contributed by atoms with Crippen molar-refractivity contribution in [2.75, 3.05) is 6.54 Å². The zero-order valence-corrected chi connectivity index (χ0v) is 13.3. The van der Waals surface area contributed by atoms with Crippen molar-refractivity contribution >= 4 is 5.91 Å². The molecule has 1 rings (SSSR count). The highest BCUT2D eigenvalue weighted by Gasteiger charge is 2.23. The van der Waals surface area contributed by atoms with E-state index in [4.69, 9.17) is 5.73 Å². The van der Waals surface area contributed by atoms with Crippen LogP contribution in [-0.2, 0) is 11.2 Å². The fourth-order valence-electron chi connectivity index (χ4n) is 2.46. The molecule has 0 aromatic heterocycles. The number of aliphatic hydroxyl groups is 1. The van der Waals surface area contributed by atoms with Gasteiger partial charge >= 0.3 is 0 Å². The molecule has 21 heavy (non-hydrogen) atoms. The minimum atomic E-state index is -0.886. The second-order valence-electron chi connectivity index (χ2n) is 6.44. The Morgan fingerprint density at radius 2 is 1.95 bits per heavy atom. The van der Waals surface area contributed by atoms with Crippen molar-refractivity contribution in [1.29, 1.82) is 0 Å². The topological polar surface area (TPSA) is 75.3 Å². The Balaban J connectivity index is 2.34. The van der Waals surface area contributed by atoms with Gasteiger partial charge in [-0.2, -0.15) is 0 Å². The largest absolute Gasteiger partial charge is 0.388 e. The Hall–Kier alpha value is -1.39. The first-order chi connectivity index (χ1) is 9.80. The number of carbonyl (C=O) groups is 1. The first-order valence-corrected chi connectivity index (χ1v) is 7.60. The van der Waals surface area contributed by atoms with Crippen LogP contribution in [0, 0.1) is 5.92 Å². The van der Waals surface area contributed by atoms with Crippen LogP contribution >= 0.6 is 0 Å². The molecule has 4 nitrogen and oxygen atoms in total. The molecule has 4 heteroatoms. The summed E-state index contributed by atoms with van der Waals surface area (Å²) >= 11 is 0. The van der Waals surface area contributed by atoms with E-state index >= 15 is 0 Å². The average Bonchev–Trinajstić information content (AvgIpc) is 2.42. The fraction of sp³-hybridized carbons (Fsp3) is 0.588. The molecule has 0 radical (unpaired) electrons. The molecule has 0 saturated heterocycles. The molecule has 4 N–H and O–H groups in total. The van der Waals surface area contributed by atoms with Gasteiger partial charge in [0.25, 0.3) is 0 Å². The van der Waals surface area contributed by atoms with Gasteiger partial charge in [-0.15, -0.1) is 0 Å².